The van der Waals surface area contributed by atoms with Crippen LogP contribution in [0.4, 0.5) is 6.01 Å². The highest BCUT2D eigenvalue weighted by molar-refractivity contribution is 5.75. The molecule has 1 atom stereocenters. The van der Waals surface area contributed by atoms with Crippen LogP contribution in [0, 0.1) is 12.8 Å². The molecule has 0 bridgehead atoms. The fourth-order valence-electron chi connectivity index (χ4n) is 3.32. The fraction of sp³-hybridized carbons (Fsp3) is 0.368. The summed E-state index contributed by atoms with van der Waals surface area (Å²) in [6.45, 7) is 2.04. The number of pyridine rings is 1. The van der Waals surface area contributed by atoms with Crippen molar-refractivity contribution in [2.45, 2.75) is 38.3 Å². The largest absolute Gasteiger partial charge is 0.424 e. The Bertz CT molecular complexity index is 825. The molecule has 4 rings (SSSR count). The smallest absolute Gasteiger partial charge is 0.295 e. The zero-order valence-electron chi connectivity index (χ0n) is 13.6. The average molecular weight is 323 g/mol. The molecule has 1 unspecified atom stereocenters. The SMILES string of the molecule is Cc1ccc2oc(NC(Cc3ccncc3)C3CC(O)C3)nc2c1. The minimum Gasteiger partial charge on any atom is -0.424 e. The lowest BCUT2D eigenvalue weighted by Crippen LogP contribution is -2.42. The maximum absolute atomic E-state index is 9.67. The van der Waals surface area contributed by atoms with Crippen molar-refractivity contribution in [3.8, 4) is 0 Å². The van der Waals surface area contributed by atoms with Crippen molar-refractivity contribution in [1.82, 2.24) is 9.97 Å². The van der Waals surface area contributed by atoms with E-state index in [0.717, 1.165) is 35.9 Å². The highest BCUT2D eigenvalue weighted by atomic mass is 16.4. The van der Waals surface area contributed by atoms with Gasteiger partial charge in [0.15, 0.2) is 5.58 Å². The van der Waals surface area contributed by atoms with Crippen LogP contribution in [0.1, 0.15) is 24.0 Å². The van der Waals surface area contributed by atoms with Gasteiger partial charge >= 0.3 is 0 Å². The fourth-order valence-corrected chi connectivity index (χ4v) is 3.32. The summed E-state index contributed by atoms with van der Waals surface area (Å²) in [5.41, 5.74) is 4.04. The number of anilines is 1. The van der Waals surface area contributed by atoms with Crippen LogP contribution < -0.4 is 5.32 Å². The third-order valence-corrected chi connectivity index (χ3v) is 4.78. The number of aliphatic hydroxyl groups is 1. The molecule has 2 heterocycles. The summed E-state index contributed by atoms with van der Waals surface area (Å²) in [7, 11) is 0. The van der Waals surface area contributed by atoms with Crippen molar-refractivity contribution in [3.05, 3.63) is 53.9 Å². The summed E-state index contributed by atoms with van der Waals surface area (Å²) in [5, 5.41) is 13.1. The van der Waals surface area contributed by atoms with E-state index in [-0.39, 0.29) is 12.1 Å². The van der Waals surface area contributed by atoms with Gasteiger partial charge in [-0.15, -0.1) is 0 Å². The highest BCUT2D eigenvalue weighted by Gasteiger charge is 2.34. The molecule has 1 aliphatic rings. The van der Waals surface area contributed by atoms with Gasteiger partial charge in [-0.1, -0.05) is 6.07 Å². The Morgan fingerprint density at radius 1 is 1.25 bits per heavy atom. The second-order valence-corrected chi connectivity index (χ2v) is 6.69. The Kier molecular flexibility index (Phi) is 3.94. The van der Waals surface area contributed by atoms with Gasteiger partial charge in [-0.2, -0.15) is 4.98 Å². The molecule has 0 spiro atoms. The molecule has 1 fully saturated rings. The molecule has 0 amide bonds. The molecule has 24 heavy (non-hydrogen) atoms. The minimum atomic E-state index is -0.178. The number of aliphatic hydroxyl groups excluding tert-OH is 1. The number of aryl methyl sites for hydroxylation is 1. The van der Waals surface area contributed by atoms with Gasteiger partial charge in [-0.05, 0) is 67.5 Å². The van der Waals surface area contributed by atoms with Crippen LogP contribution in [0.2, 0.25) is 0 Å². The summed E-state index contributed by atoms with van der Waals surface area (Å²) >= 11 is 0. The van der Waals surface area contributed by atoms with Crippen molar-refractivity contribution in [3.63, 3.8) is 0 Å². The van der Waals surface area contributed by atoms with E-state index < -0.39 is 0 Å². The van der Waals surface area contributed by atoms with Gasteiger partial charge in [0.25, 0.3) is 6.01 Å². The summed E-state index contributed by atoms with van der Waals surface area (Å²) in [6, 6.07) is 10.8. The van der Waals surface area contributed by atoms with Crippen LogP contribution in [0.5, 0.6) is 0 Å². The Morgan fingerprint density at radius 2 is 2.04 bits per heavy atom. The first-order valence-corrected chi connectivity index (χ1v) is 8.38. The van der Waals surface area contributed by atoms with E-state index in [0.29, 0.717) is 11.9 Å². The van der Waals surface area contributed by atoms with Gasteiger partial charge in [0.2, 0.25) is 0 Å². The molecular weight excluding hydrogens is 302 g/mol. The van der Waals surface area contributed by atoms with Crippen LogP contribution in [-0.2, 0) is 6.42 Å². The zero-order chi connectivity index (χ0) is 16.5. The van der Waals surface area contributed by atoms with Crippen molar-refractivity contribution in [2.24, 2.45) is 5.92 Å². The quantitative estimate of drug-likeness (QED) is 0.753. The molecule has 5 nitrogen and oxygen atoms in total. The average Bonchev–Trinajstić information content (AvgIpc) is 2.93. The molecule has 0 radical (unpaired) electrons. The Balaban J connectivity index is 1.55. The predicted molar refractivity (Wildman–Crippen MR) is 92.8 cm³/mol. The lowest BCUT2D eigenvalue weighted by atomic mass is 9.75. The lowest BCUT2D eigenvalue weighted by molar-refractivity contribution is 0.0339. The first-order chi connectivity index (χ1) is 11.7. The molecule has 2 N–H and O–H groups in total. The van der Waals surface area contributed by atoms with Crippen LogP contribution in [0.25, 0.3) is 11.1 Å². The van der Waals surface area contributed by atoms with E-state index in [9.17, 15) is 5.11 Å². The van der Waals surface area contributed by atoms with E-state index in [4.69, 9.17) is 4.42 Å². The molecule has 0 aliphatic heterocycles. The van der Waals surface area contributed by atoms with Crippen LogP contribution >= 0.6 is 0 Å². The summed E-state index contributed by atoms with van der Waals surface area (Å²) < 4.78 is 5.84. The van der Waals surface area contributed by atoms with Crippen LogP contribution in [0.15, 0.2) is 47.1 Å². The Hall–Kier alpha value is -2.40. The number of rotatable bonds is 5. The molecule has 1 aliphatic carbocycles. The third kappa shape index (κ3) is 3.12. The number of oxazole rings is 1. The maximum atomic E-state index is 9.67. The second-order valence-electron chi connectivity index (χ2n) is 6.69. The molecule has 3 aromatic rings. The van der Waals surface area contributed by atoms with E-state index >= 15 is 0 Å². The number of hydrogen-bond donors (Lipinski definition) is 2. The van der Waals surface area contributed by atoms with E-state index in [2.05, 4.69) is 15.3 Å². The molecule has 5 heteroatoms. The second kappa shape index (κ2) is 6.24. The zero-order valence-corrected chi connectivity index (χ0v) is 13.6. The van der Waals surface area contributed by atoms with Gasteiger partial charge in [0.05, 0.1) is 6.10 Å². The van der Waals surface area contributed by atoms with Gasteiger partial charge < -0.3 is 14.8 Å². The summed E-state index contributed by atoms with van der Waals surface area (Å²) in [5.74, 6) is 0.421. The number of nitrogens with one attached hydrogen (secondary N) is 1. The monoisotopic (exact) mass is 323 g/mol. The van der Waals surface area contributed by atoms with E-state index in [1.54, 1.807) is 0 Å². The van der Waals surface area contributed by atoms with Crippen molar-refractivity contribution in [2.75, 3.05) is 5.32 Å². The molecule has 0 saturated heterocycles. The first kappa shape index (κ1) is 15.1. The van der Waals surface area contributed by atoms with Crippen LogP contribution in [-0.4, -0.2) is 27.2 Å². The summed E-state index contributed by atoms with van der Waals surface area (Å²) in [4.78, 5) is 8.64. The van der Waals surface area contributed by atoms with Gasteiger partial charge in [0.1, 0.15) is 5.52 Å². The van der Waals surface area contributed by atoms with Crippen molar-refractivity contribution in [1.29, 1.82) is 0 Å². The number of hydrogen-bond acceptors (Lipinski definition) is 5. The van der Waals surface area contributed by atoms with Gasteiger partial charge in [-0.3, -0.25) is 4.98 Å². The van der Waals surface area contributed by atoms with E-state index in [1.165, 1.54) is 5.56 Å². The number of benzene rings is 1. The molecule has 2 aromatic heterocycles. The molecule has 1 aromatic carbocycles. The predicted octanol–water partition coefficient (Wildman–Crippen LogP) is 3.33. The molecule has 124 valence electrons. The lowest BCUT2D eigenvalue weighted by Gasteiger charge is -2.37. The standard InChI is InChI=1S/C19H21N3O2/c1-12-2-3-18-17(8-12)22-19(24-18)21-16(14-10-15(23)11-14)9-13-4-6-20-7-5-13/h2-8,14-16,23H,9-11H2,1H3,(H,21,22). The van der Waals surface area contributed by atoms with E-state index in [1.807, 2.05) is 49.6 Å². The first-order valence-electron chi connectivity index (χ1n) is 8.38. The third-order valence-electron chi connectivity index (χ3n) is 4.78. The van der Waals surface area contributed by atoms with Crippen molar-refractivity contribution >= 4 is 17.1 Å². The normalized spacial score (nSPS) is 21.4. The van der Waals surface area contributed by atoms with Gasteiger partial charge in [0, 0.05) is 18.4 Å². The number of nitrogens with zero attached hydrogens (tertiary/aromatic N) is 2. The number of aromatic nitrogens is 2. The van der Waals surface area contributed by atoms with Gasteiger partial charge in [-0.25, -0.2) is 0 Å². The van der Waals surface area contributed by atoms with Crippen molar-refractivity contribution < 1.29 is 9.52 Å². The molecule has 1 saturated carbocycles. The summed E-state index contributed by atoms with van der Waals surface area (Å²) in [6.07, 6.45) is 5.94. The van der Waals surface area contributed by atoms with Crippen LogP contribution in [0.3, 0.4) is 0 Å². The number of fused-ring (bicyclic) bond motifs is 1. The Morgan fingerprint density at radius 3 is 2.79 bits per heavy atom. The topological polar surface area (TPSA) is 71.2 Å². The Labute approximate surface area is 140 Å². The molecular formula is C19H21N3O2. The highest BCUT2D eigenvalue weighted by Crippen LogP contribution is 2.33. The maximum Gasteiger partial charge on any atom is 0.295 e. The minimum absolute atomic E-state index is 0.178.